The number of aryl methyl sites for hydroxylation is 1. The minimum absolute atomic E-state index is 0.931. The fourth-order valence-corrected chi connectivity index (χ4v) is 2.50. The molecule has 0 bridgehead atoms. The zero-order chi connectivity index (χ0) is 11.0. The molecule has 3 aromatic rings. The Morgan fingerprint density at radius 2 is 2.06 bits per heavy atom. The molecule has 3 nitrogen and oxygen atoms in total. The van der Waals surface area contributed by atoms with Crippen molar-refractivity contribution in [1.29, 1.82) is 0 Å². The molecule has 2 aromatic heterocycles. The summed E-state index contributed by atoms with van der Waals surface area (Å²) in [6.45, 7) is 2.12. The largest absolute Gasteiger partial charge is 0.222 e. The maximum absolute atomic E-state index is 4.59. The molecule has 3 rings (SSSR count). The van der Waals surface area contributed by atoms with E-state index in [-0.39, 0.29) is 0 Å². The van der Waals surface area contributed by atoms with Crippen molar-refractivity contribution in [2.75, 3.05) is 0 Å². The Kier molecular flexibility index (Phi) is 2.22. The molecule has 0 spiro atoms. The molecule has 0 unspecified atom stereocenters. The number of hydrogen-bond donors (Lipinski definition) is 0. The van der Waals surface area contributed by atoms with Gasteiger partial charge in [0.2, 0.25) is 4.96 Å². The van der Waals surface area contributed by atoms with Gasteiger partial charge in [0, 0.05) is 5.56 Å². The fourth-order valence-electron chi connectivity index (χ4n) is 1.87. The van der Waals surface area contributed by atoms with Crippen molar-refractivity contribution in [3.63, 3.8) is 0 Å². The average Bonchev–Trinajstić information content (AvgIpc) is 2.89. The second-order valence-corrected chi connectivity index (χ2v) is 4.37. The van der Waals surface area contributed by atoms with Gasteiger partial charge in [0.05, 0.1) is 11.4 Å². The molecule has 0 radical (unpaired) electrons. The van der Waals surface area contributed by atoms with Gasteiger partial charge in [-0.25, -0.2) is 9.50 Å². The lowest BCUT2D eigenvalue weighted by Gasteiger charge is -2.00. The van der Waals surface area contributed by atoms with E-state index in [1.807, 2.05) is 28.2 Å². The van der Waals surface area contributed by atoms with Gasteiger partial charge >= 0.3 is 0 Å². The number of rotatable bonds is 2. The number of benzene rings is 1. The number of nitrogens with zero attached hydrogens (tertiary/aromatic N) is 3. The maximum Gasteiger partial charge on any atom is 0.212 e. The highest BCUT2D eigenvalue weighted by Crippen LogP contribution is 2.26. The minimum atomic E-state index is 0.931. The third-order valence-corrected chi connectivity index (χ3v) is 3.27. The highest BCUT2D eigenvalue weighted by molar-refractivity contribution is 7.14. The molecule has 0 aliphatic carbocycles. The molecule has 2 heterocycles. The maximum atomic E-state index is 4.59. The van der Waals surface area contributed by atoms with Gasteiger partial charge in [-0.3, -0.25) is 0 Å². The standard InChI is InChI=1S/C12H11N3S/c1-2-10-11(9-6-4-3-5-7-9)15-12(14-10)16-8-13-15/h3-8H,2H2,1H3. The van der Waals surface area contributed by atoms with E-state index in [4.69, 9.17) is 0 Å². The van der Waals surface area contributed by atoms with Gasteiger partial charge in [0.25, 0.3) is 0 Å². The highest BCUT2D eigenvalue weighted by atomic mass is 32.1. The molecule has 16 heavy (non-hydrogen) atoms. The number of aromatic nitrogens is 3. The lowest BCUT2D eigenvalue weighted by atomic mass is 10.1. The second-order valence-electron chi connectivity index (χ2n) is 3.56. The summed E-state index contributed by atoms with van der Waals surface area (Å²) in [6, 6.07) is 10.3. The molecule has 0 saturated heterocycles. The molecule has 0 amide bonds. The summed E-state index contributed by atoms with van der Waals surface area (Å²) < 4.78 is 1.93. The monoisotopic (exact) mass is 229 g/mol. The topological polar surface area (TPSA) is 30.2 Å². The van der Waals surface area contributed by atoms with Gasteiger partial charge < -0.3 is 0 Å². The third kappa shape index (κ3) is 1.34. The first kappa shape index (κ1) is 9.54. The van der Waals surface area contributed by atoms with Crippen molar-refractivity contribution in [3.8, 4) is 11.3 Å². The van der Waals surface area contributed by atoms with Crippen molar-refractivity contribution in [2.24, 2.45) is 0 Å². The quantitative estimate of drug-likeness (QED) is 0.676. The molecular weight excluding hydrogens is 218 g/mol. The van der Waals surface area contributed by atoms with Crippen molar-refractivity contribution < 1.29 is 0 Å². The van der Waals surface area contributed by atoms with Gasteiger partial charge in [-0.15, -0.1) is 0 Å². The van der Waals surface area contributed by atoms with Crippen LogP contribution in [0.1, 0.15) is 12.6 Å². The lowest BCUT2D eigenvalue weighted by molar-refractivity contribution is 0.972. The van der Waals surface area contributed by atoms with E-state index in [1.165, 1.54) is 5.56 Å². The Bertz CT molecular complexity index is 610. The molecule has 1 aromatic carbocycles. The molecule has 4 heteroatoms. The molecule has 0 saturated carbocycles. The Labute approximate surface area is 97.4 Å². The van der Waals surface area contributed by atoms with Gasteiger partial charge in [-0.05, 0) is 6.42 Å². The molecule has 0 aliphatic rings. The molecule has 0 aliphatic heterocycles. The van der Waals surface area contributed by atoms with Gasteiger partial charge in [-0.1, -0.05) is 48.6 Å². The van der Waals surface area contributed by atoms with Crippen LogP contribution in [0.25, 0.3) is 16.2 Å². The molecule has 0 atom stereocenters. The van der Waals surface area contributed by atoms with E-state index in [0.717, 1.165) is 22.8 Å². The third-order valence-electron chi connectivity index (χ3n) is 2.60. The molecular formula is C12H11N3S. The Morgan fingerprint density at radius 1 is 1.25 bits per heavy atom. The van der Waals surface area contributed by atoms with E-state index in [0.29, 0.717) is 0 Å². The number of hydrogen-bond acceptors (Lipinski definition) is 3. The predicted octanol–water partition coefficient (Wildman–Crippen LogP) is 3.02. The van der Waals surface area contributed by atoms with E-state index < -0.39 is 0 Å². The smallest absolute Gasteiger partial charge is 0.212 e. The summed E-state index contributed by atoms with van der Waals surface area (Å²) in [6.07, 6.45) is 0.931. The molecule has 80 valence electrons. The summed E-state index contributed by atoms with van der Waals surface area (Å²) in [4.78, 5) is 5.55. The van der Waals surface area contributed by atoms with Crippen molar-refractivity contribution in [3.05, 3.63) is 41.5 Å². The number of fused-ring (bicyclic) bond motifs is 1. The fraction of sp³-hybridized carbons (Fsp3) is 0.167. The zero-order valence-corrected chi connectivity index (χ0v) is 9.74. The molecule has 0 fully saturated rings. The Morgan fingerprint density at radius 3 is 2.81 bits per heavy atom. The van der Waals surface area contributed by atoms with Crippen LogP contribution in [0.15, 0.2) is 35.8 Å². The Hall–Kier alpha value is -1.68. The van der Waals surface area contributed by atoms with Crippen LogP contribution in [0.2, 0.25) is 0 Å². The van der Waals surface area contributed by atoms with Gasteiger partial charge in [0.1, 0.15) is 5.51 Å². The van der Waals surface area contributed by atoms with Crippen LogP contribution in [0, 0.1) is 0 Å². The normalized spacial score (nSPS) is 11.1. The first-order valence-electron chi connectivity index (χ1n) is 5.26. The summed E-state index contributed by atoms with van der Waals surface area (Å²) in [5.74, 6) is 0. The summed E-state index contributed by atoms with van der Waals surface area (Å²) in [5, 5.41) is 4.34. The van der Waals surface area contributed by atoms with Crippen molar-refractivity contribution in [1.82, 2.24) is 14.6 Å². The first-order valence-corrected chi connectivity index (χ1v) is 6.14. The van der Waals surface area contributed by atoms with Crippen molar-refractivity contribution in [2.45, 2.75) is 13.3 Å². The predicted molar refractivity (Wildman–Crippen MR) is 65.7 cm³/mol. The number of imidazole rings is 1. The first-order chi connectivity index (χ1) is 7.90. The van der Waals surface area contributed by atoms with Crippen LogP contribution < -0.4 is 0 Å². The lowest BCUT2D eigenvalue weighted by Crippen LogP contribution is -1.91. The van der Waals surface area contributed by atoms with Crippen LogP contribution in [-0.2, 0) is 6.42 Å². The summed E-state index contributed by atoms with van der Waals surface area (Å²) in [7, 11) is 0. The van der Waals surface area contributed by atoms with E-state index in [9.17, 15) is 0 Å². The zero-order valence-electron chi connectivity index (χ0n) is 8.92. The Balaban J connectivity index is 2.32. The average molecular weight is 229 g/mol. The summed E-state index contributed by atoms with van der Waals surface area (Å²) in [5.41, 5.74) is 5.25. The van der Waals surface area contributed by atoms with Crippen LogP contribution in [0.3, 0.4) is 0 Å². The van der Waals surface area contributed by atoms with Crippen LogP contribution in [0.5, 0.6) is 0 Å². The minimum Gasteiger partial charge on any atom is -0.222 e. The van der Waals surface area contributed by atoms with Crippen LogP contribution in [0.4, 0.5) is 0 Å². The van der Waals surface area contributed by atoms with Gasteiger partial charge in [0.15, 0.2) is 0 Å². The van der Waals surface area contributed by atoms with Gasteiger partial charge in [-0.2, -0.15) is 5.10 Å². The van der Waals surface area contributed by atoms with Crippen molar-refractivity contribution >= 4 is 16.3 Å². The highest BCUT2D eigenvalue weighted by Gasteiger charge is 2.13. The van der Waals surface area contributed by atoms with E-state index in [1.54, 1.807) is 11.3 Å². The van der Waals surface area contributed by atoms with Crippen LogP contribution in [-0.4, -0.2) is 14.6 Å². The van der Waals surface area contributed by atoms with E-state index in [2.05, 4.69) is 29.1 Å². The molecule has 0 N–H and O–H groups in total. The summed E-state index contributed by atoms with van der Waals surface area (Å²) >= 11 is 1.57. The van der Waals surface area contributed by atoms with Crippen LogP contribution >= 0.6 is 11.3 Å². The van der Waals surface area contributed by atoms with E-state index >= 15 is 0 Å². The SMILES string of the molecule is CCc1nc2scnn2c1-c1ccccc1. The second kappa shape index (κ2) is 3.72.